The Bertz CT molecular complexity index is 770. The number of aryl methyl sites for hydroxylation is 1. The third-order valence-electron chi connectivity index (χ3n) is 5.36. The summed E-state index contributed by atoms with van der Waals surface area (Å²) in [4.78, 5) is 38.5. The van der Waals surface area contributed by atoms with Crippen LogP contribution in [0.3, 0.4) is 0 Å². The summed E-state index contributed by atoms with van der Waals surface area (Å²) in [6.07, 6.45) is 1.22. The molecule has 0 saturated carbocycles. The van der Waals surface area contributed by atoms with Gasteiger partial charge in [0.25, 0.3) is 0 Å². The molecule has 0 aromatic carbocycles. The summed E-state index contributed by atoms with van der Waals surface area (Å²) >= 11 is 1.61. The van der Waals surface area contributed by atoms with E-state index in [1.807, 2.05) is 26.8 Å². The first-order valence-electron chi connectivity index (χ1n) is 9.00. The Kier molecular flexibility index (Phi) is 4.94. The number of amides is 1. The Morgan fingerprint density at radius 3 is 2.69 bits per heavy atom. The second-order valence-corrected chi connectivity index (χ2v) is 9.05. The number of hydrogen-bond acceptors (Lipinski definition) is 5. The van der Waals surface area contributed by atoms with Crippen LogP contribution in [0.1, 0.15) is 61.4 Å². The topological polar surface area (TPSA) is 68.6 Å². The van der Waals surface area contributed by atoms with Crippen LogP contribution in [-0.4, -0.2) is 50.4 Å². The Labute approximate surface area is 158 Å². The average Bonchev–Trinajstić information content (AvgIpc) is 3.16. The van der Waals surface area contributed by atoms with Crippen molar-refractivity contribution in [2.45, 2.75) is 64.4 Å². The van der Waals surface area contributed by atoms with Gasteiger partial charge >= 0.3 is 5.97 Å². The maximum absolute atomic E-state index is 12.6. The second-order valence-electron chi connectivity index (χ2n) is 7.55. The highest BCUT2D eigenvalue weighted by Crippen LogP contribution is 2.47. The minimum Gasteiger partial charge on any atom is -0.456 e. The third kappa shape index (κ3) is 3.06. The zero-order valence-corrected chi connectivity index (χ0v) is 16.8. The lowest BCUT2D eigenvalue weighted by atomic mass is 10.1. The zero-order valence-electron chi connectivity index (χ0n) is 16.0. The van der Waals surface area contributed by atoms with Crippen molar-refractivity contribution in [1.82, 2.24) is 9.47 Å². The Morgan fingerprint density at radius 1 is 1.38 bits per heavy atom. The third-order valence-corrected chi connectivity index (χ3v) is 6.87. The van der Waals surface area contributed by atoms with Gasteiger partial charge in [-0.25, -0.2) is 4.79 Å². The summed E-state index contributed by atoms with van der Waals surface area (Å²) in [5, 5.41) is 0. The maximum Gasteiger partial charge on any atom is 0.330 e. The number of carbonyl (C=O) groups excluding carboxylic acids is 3. The number of nitrogens with zero attached hydrogens (tertiary/aromatic N) is 2. The van der Waals surface area contributed by atoms with Crippen molar-refractivity contribution in [3.63, 3.8) is 0 Å². The SMILES string of the molecule is Cc1cc(C(=O)COC(=O)[C@@H]2CS[C@@]3(C)CCC(=O)N23)c(C)n1C(C)C. The molecule has 0 bridgehead atoms. The molecular weight excluding hydrogens is 352 g/mol. The summed E-state index contributed by atoms with van der Waals surface area (Å²) in [7, 11) is 0. The molecule has 1 amide bonds. The molecule has 0 N–H and O–H groups in total. The molecule has 2 aliphatic heterocycles. The van der Waals surface area contributed by atoms with Crippen LogP contribution in [0, 0.1) is 13.8 Å². The number of thioether (sulfide) groups is 1. The van der Waals surface area contributed by atoms with Gasteiger partial charge < -0.3 is 14.2 Å². The molecule has 26 heavy (non-hydrogen) atoms. The zero-order chi connectivity index (χ0) is 19.2. The van der Waals surface area contributed by atoms with E-state index in [0.29, 0.717) is 17.7 Å². The lowest BCUT2D eigenvalue weighted by molar-refractivity contribution is -0.152. The minimum atomic E-state index is -0.587. The van der Waals surface area contributed by atoms with Crippen molar-refractivity contribution in [3.05, 3.63) is 23.0 Å². The molecule has 0 radical (unpaired) electrons. The first-order chi connectivity index (χ1) is 12.2. The molecule has 2 saturated heterocycles. The monoisotopic (exact) mass is 378 g/mol. The number of hydrogen-bond donors (Lipinski definition) is 0. The van der Waals surface area contributed by atoms with Gasteiger partial charge in [-0.3, -0.25) is 9.59 Å². The van der Waals surface area contributed by atoms with Crippen LogP contribution in [0.5, 0.6) is 0 Å². The molecule has 3 rings (SSSR count). The van der Waals surface area contributed by atoms with E-state index < -0.39 is 12.0 Å². The van der Waals surface area contributed by atoms with Gasteiger partial charge in [0, 0.05) is 35.2 Å². The van der Waals surface area contributed by atoms with Crippen LogP contribution in [-0.2, 0) is 14.3 Å². The summed E-state index contributed by atoms with van der Waals surface area (Å²) in [6, 6.07) is 1.52. The van der Waals surface area contributed by atoms with Crippen LogP contribution >= 0.6 is 11.8 Å². The van der Waals surface area contributed by atoms with E-state index in [4.69, 9.17) is 4.74 Å². The fourth-order valence-electron chi connectivity index (χ4n) is 4.16. The molecule has 0 unspecified atom stereocenters. The van der Waals surface area contributed by atoms with E-state index in [0.717, 1.165) is 17.8 Å². The molecule has 3 heterocycles. The number of ketones is 1. The first kappa shape index (κ1) is 19.0. The molecule has 1 aromatic heterocycles. The molecule has 2 aliphatic rings. The van der Waals surface area contributed by atoms with Crippen molar-refractivity contribution >= 4 is 29.4 Å². The summed E-state index contributed by atoms with van der Waals surface area (Å²) < 4.78 is 7.40. The van der Waals surface area contributed by atoms with Crippen molar-refractivity contribution in [1.29, 1.82) is 0 Å². The number of Topliss-reactive ketones (excluding diaryl/α,β-unsaturated/α-hetero) is 1. The molecule has 2 fully saturated rings. The second kappa shape index (κ2) is 6.76. The average molecular weight is 378 g/mol. The lowest BCUT2D eigenvalue weighted by Crippen LogP contribution is -2.46. The van der Waals surface area contributed by atoms with E-state index in [1.54, 1.807) is 16.7 Å². The first-order valence-corrected chi connectivity index (χ1v) is 9.98. The smallest absolute Gasteiger partial charge is 0.330 e. The number of esters is 1. The Hall–Kier alpha value is -1.76. The molecular formula is C19H26N2O4S. The molecule has 0 aliphatic carbocycles. The number of fused-ring (bicyclic) bond motifs is 1. The highest BCUT2D eigenvalue weighted by Gasteiger charge is 2.53. The van der Waals surface area contributed by atoms with Gasteiger partial charge in [0.15, 0.2) is 6.61 Å². The standard InChI is InChI=1S/C19H26N2O4S/c1-11(2)20-12(3)8-14(13(20)4)16(22)9-25-18(24)15-10-26-19(5)7-6-17(23)21(15)19/h8,11,15H,6-7,9-10H2,1-5H3/t15-,19-/m0/s1. The van der Waals surface area contributed by atoms with E-state index in [-0.39, 0.29) is 29.2 Å². The van der Waals surface area contributed by atoms with Gasteiger partial charge in [-0.1, -0.05) is 0 Å². The predicted molar refractivity (Wildman–Crippen MR) is 100 cm³/mol. The van der Waals surface area contributed by atoms with Crippen molar-refractivity contribution in [3.8, 4) is 0 Å². The largest absolute Gasteiger partial charge is 0.456 e. The predicted octanol–water partition coefficient (Wildman–Crippen LogP) is 2.87. The number of carbonyl (C=O) groups is 3. The lowest BCUT2D eigenvalue weighted by Gasteiger charge is -2.29. The van der Waals surface area contributed by atoms with Crippen molar-refractivity contribution < 1.29 is 19.1 Å². The quantitative estimate of drug-likeness (QED) is 0.582. The van der Waals surface area contributed by atoms with Gasteiger partial charge in [0.2, 0.25) is 11.7 Å². The molecule has 2 atom stereocenters. The van der Waals surface area contributed by atoms with Crippen LogP contribution in [0.4, 0.5) is 0 Å². The van der Waals surface area contributed by atoms with E-state index >= 15 is 0 Å². The van der Waals surface area contributed by atoms with Crippen molar-refractivity contribution in [2.75, 3.05) is 12.4 Å². The number of aromatic nitrogens is 1. The minimum absolute atomic E-state index is 0.00810. The van der Waals surface area contributed by atoms with Crippen LogP contribution in [0.15, 0.2) is 6.07 Å². The van der Waals surface area contributed by atoms with Crippen LogP contribution in [0.25, 0.3) is 0 Å². The molecule has 1 aromatic rings. The fraction of sp³-hybridized carbons (Fsp3) is 0.632. The number of rotatable bonds is 5. The molecule has 6 nitrogen and oxygen atoms in total. The van der Waals surface area contributed by atoms with Crippen LogP contribution < -0.4 is 0 Å². The van der Waals surface area contributed by atoms with Gasteiger partial charge in [0.1, 0.15) is 6.04 Å². The Balaban J connectivity index is 1.66. The number of ether oxygens (including phenoxy) is 1. The summed E-state index contributed by atoms with van der Waals surface area (Å²) in [5.41, 5.74) is 2.49. The van der Waals surface area contributed by atoms with Crippen molar-refractivity contribution in [2.24, 2.45) is 0 Å². The summed E-state index contributed by atoms with van der Waals surface area (Å²) in [5.74, 6) is -0.176. The molecule has 142 valence electrons. The van der Waals surface area contributed by atoms with E-state index in [2.05, 4.69) is 18.4 Å². The highest BCUT2D eigenvalue weighted by molar-refractivity contribution is 8.01. The van der Waals surface area contributed by atoms with Gasteiger partial charge in [0.05, 0.1) is 4.87 Å². The molecule has 7 heteroatoms. The van der Waals surface area contributed by atoms with E-state index in [9.17, 15) is 14.4 Å². The fourth-order valence-corrected chi connectivity index (χ4v) is 5.58. The maximum atomic E-state index is 12.6. The summed E-state index contributed by atoms with van der Waals surface area (Å²) in [6.45, 7) is 9.70. The Morgan fingerprint density at radius 2 is 2.08 bits per heavy atom. The van der Waals surface area contributed by atoms with Gasteiger partial charge in [-0.15, -0.1) is 11.8 Å². The van der Waals surface area contributed by atoms with Crippen LogP contribution in [0.2, 0.25) is 0 Å². The van der Waals surface area contributed by atoms with E-state index in [1.165, 1.54) is 0 Å². The normalized spacial score (nSPS) is 25.1. The highest BCUT2D eigenvalue weighted by atomic mass is 32.2. The van der Waals surface area contributed by atoms with Gasteiger partial charge in [-0.05, 0) is 47.1 Å². The molecule has 0 spiro atoms. The van der Waals surface area contributed by atoms with Gasteiger partial charge in [-0.2, -0.15) is 0 Å².